The molecule has 0 atom stereocenters. The molecule has 27 heavy (non-hydrogen) atoms. The molecule has 0 aromatic heterocycles. The number of anilines is 1. The van der Waals surface area contributed by atoms with Crippen LogP contribution in [0.1, 0.15) is 23.2 Å². The van der Waals surface area contributed by atoms with Crippen molar-refractivity contribution in [3.8, 4) is 11.5 Å². The molecule has 1 aliphatic carbocycles. The van der Waals surface area contributed by atoms with Crippen molar-refractivity contribution < 1.29 is 22.7 Å². The summed E-state index contributed by atoms with van der Waals surface area (Å²) in [5, 5.41) is 0. The predicted molar refractivity (Wildman–Crippen MR) is 100 cm³/mol. The number of rotatable bonds is 8. The first-order valence-corrected chi connectivity index (χ1v) is 9.82. The smallest absolute Gasteiger partial charge is 0.273 e. The highest BCUT2D eigenvalue weighted by Gasteiger charge is 2.27. The quantitative estimate of drug-likeness (QED) is 0.594. The molecule has 0 aliphatic heterocycles. The molecule has 0 spiro atoms. The number of methoxy groups -OCH3 is 2. The molecule has 0 heterocycles. The third-order valence-corrected chi connectivity index (χ3v) is 5.57. The summed E-state index contributed by atoms with van der Waals surface area (Å²) in [5.74, 6) is 0.552. The average molecular weight is 391 g/mol. The predicted octanol–water partition coefficient (Wildman–Crippen LogP) is 1.90. The molecule has 9 heteroatoms. The molecule has 1 fully saturated rings. The second-order valence-electron chi connectivity index (χ2n) is 6.07. The Morgan fingerprint density at radius 1 is 1.04 bits per heavy atom. The van der Waals surface area contributed by atoms with Crippen LogP contribution >= 0.6 is 0 Å². The number of carbonyl (C=O) groups excluding carboxylic acids is 1. The van der Waals surface area contributed by atoms with Gasteiger partial charge in [0, 0.05) is 12.1 Å². The standard InChI is InChI=1S/C18H21N3O5S/c1-25-14-7-10-16(17(11-14)26-2)18(22)20-19-12-5-8-15(9-6-12)27(23,24)21-13-3-4-13/h5-11,13,19,21H,3-4H2,1-2H3,(H,20,22). The molecule has 2 aromatic carbocycles. The van der Waals surface area contributed by atoms with Crippen LogP contribution < -0.4 is 25.0 Å². The molecule has 0 saturated heterocycles. The van der Waals surface area contributed by atoms with E-state index in [1.54, 1.807) is 30.3 Å². The van der Waals surface area contributed by atoms with Crippen molar-refractivity contribution >= 4 is 21.6 Å². The number of hydrazine groups is 1. The summed E-state index contributed by atoms with van der Waals surface area (Å²) in [6.07, 6.45) is 1.75. The third-order valence-electron chi connectivity index (χ3n) is 4.04. The van der Waals surface area contributed by atoms with Gasteiger partial charge >= 0.3 is 0 Å². The van der Waals surface area contributed by atoms with E-state index in [2.05, 4.69) is 15.6 Å². The van der Waals surface area contributed by atoms with Crippen LogP contribution in [0.3, 0.4) is 0 Å². The second kappa shape index (κ2) is 7.85. The van der Waals surface area contributed by atoms with Gasteiger partial charge in [-0.3, -0.25) is 15.6 Å². The number of hydrogen-bond donors (Lipinski definition) is 3. The summed E-state index contributed by atoms with van der Waals surface area (Å²) in [6.45, 7) is 0. The average Bonchev–Trinajstić information content (AvgIpc) is 3.49. The molecule has 0 bridgehead atoms. The summed E-state index contributed by atoms with van der Waals surface area (Å²) in [4.78, 5) is 12.5. The van der Waals surface area contributed by atoms with Gasteiger partial charge in [-0.05, 0) is 49.2 Å². The highest BCUT2D eigenvalue weighted by molar-refractivity contribution is 7.89. The lowest BCUT2D eigenvalue weighted by atomic mass is 10.2. The van der Waals surface area contributed by atoms with E-state index in [1.165, 1.54) is 26.4 Å². The molecule has 3 N–H and O–H groups in total. The Labute approximate surface area is 157 Å². The Balaban J connectivity index is 1.63. The highest BCUT2D eigenvalue weighted by atomic mass is 32.2. The lowest BCUT2D eigenvalue weighted by Gasteiger charge is -2.12. The Morgan fingerprint density at radius 3 is 2.33 bits per heavy atom. The van der Waals surface area contributed by atoms with Crippen molar-refractivity contribution in [2.45, 2.75) is 23.8 Å². The molecular weight excluding hydrogens is 370 g/mol. The summed E-state index contributed by atoms with van der Waals surface area (Å²) in [5.41, 5.74) is 6.18. The van der Waals surface area contributed by atoms with E-state index in [0.29, 0.717) is 22.7 Å². The Morgan fingerprint density at radius 2 is 1.74 bits per heavy atom. The Kier molecular flexibility index (Phi) is 5.52. The Bertz CT molecular complexity index is 925. The first-order chi connectivity index (χ1) is 12.9. The van der Waals surface area contributed by atoms with Crippen molar-refractivity contribution in [2.24, 2.45) is 0 Å². The number of ether oxygens (including phenoxy) is 2. The van der Waals surface area contributed by atoms with E-state index in [4.69, 9.17) is 9.47 Å². The third kappa shape index (κ3) is 4.69. The molecule has 0 radical (unpaired) electrons. The van der Waals surface area contributed by atoms with Gasteiger partial charge in [0.05, 0.1) is 30.4 Å². The van der Waals surface area contributed by atoms with Gasteiger partial charge in [-0.2, -0.15) is 0 Å². The summed E-state index contributed by atoms with van der Waals surface area (Å²) in [6, 6.07) is 11.0. The zero-order chi connectivity index (χ0) is 19.4. The van der Waals surface area contributed by atoms with Gasteiger partial charge < -0.3 is 9.47 Å². The van der Waals surface area contributed by atoms with Gasteiger partial charge in [0.25, 0.3) is 5.91 Å². The maximum atomic E-state index is 12.4. The van der Waals surface area contributed by atoms with Crippen molar-refractivity contribution in [2.75, 3.05) is 19.6 Å². The Hall–Kier alpha value is -2.78. The summed E-state index contributed by atoms with van der Waals surface area (Å²) < 4.78 is 37.2. The fraction of sp³-hybridized carbons (Fsp3) is 0.278. The minimum Gasteiger partial charge on any atom is -0.497 e. The van der Waals surface area contributed by atoms with Crippen LogP contribution in [-0.4, -0.2) is 34.6 Å². The molecule has 3 rings (SSSR count). The molecule has 1 amide bonds. The van der Waals surface area contributed by atoms with Gasteiger partial charge in [-0.1, -0.05) is 0 Å². The van der Waals surface area contributed by atoms with Crippen LogP contribution in [0.15, 0.2) is 47.4 Å². The largest absolute Gasteiger partial charge is 0.497 e. The van der Waals surface area contributed by atoms with E-state index in [1.807, 2.05) is 0 Å². The monoisotopic (exact) mass is 391 g/mol. The normalized spacial score (nSPS) is 13.7. The summed E-state index contributed by atoms with van der Waals surface area (Å²) in [7, 11) is -0.503. The number of benzene rings is 2. The van der Waals surface area contributed by atoms with Crippen molar-refractivity contribution in [1.82, 2.24) is 10.1 Å². The number of amides is 1. The SMILES string of the molecule is COc1ccc(C(=O)NNc2ccc(S(=O)(=O)NC3CC3)cc2)c(OC)c1. The maximum absolute atomic E-state index is 12.4. The van der Waals surface area contributed by atoms with Gasteiger partial charge in [-0.25, -0.2) is 13.1 Å². The van der Waals surface area contributed by atoms with Gasteiger partial charge in [0.1, 0.15) is 11.5 Å². The van der Waals surface area contributed by atoms with Gasteiger partial charge in [-0.15, -0.1) is 0 Å². The van der Waals surface area contributed by atoms with E-state index < -0.39 is 15.9 Å². The topological polar surface area (TPSA) is 106 Å². The van der Waals surface area contributed by atoms with Crippen LogP contribution in [0.25, 0.3) is 0 Å². The molecule has 1 saturated carbocycles. The minimum absolute atomic E-state index is 0.0477. The molecule has 144 valence electrons. The lowest BCUT2D eigenvalue weighted by molar-refractivity contribution is 0.0959. The van der Waals surface area contributed by atoms with Crippen LogP contribution in [0.5, 0.6) is 11.5 Å². The van der Waals surface area contributed by atoms with Crippen LogP contribution in [-0.2, 0) is 10.0 Å². The minimum atomic E-state index is -3.50. The maximum Gasteiger partial charge on any atom is 0.273 e. The van der Waals surface area contributed by atoms with E-state index >= 15 is 0 Å². The van der Waals surface area contributed by atoms with Crippen LogP contribution in [0.2, 0.25) is 0 Å². The van der Waals surface area contributed by atoms with Crippen molar-refractivity contribution in [3.63, 3.8) is 0 Å². The van der Waals surface area contributed by atoms with Gasteiger partial charge in [0.2, 0.25) is 10.0 Å². The highest BCUT2D eigenvalue weighted by Crippen LogP contribution is 2.25. The second-order valence-corrected chi connectivity index (χ2v) is 7.78. The molecule has 0 unspecified atom stereocenters. The first kappa shape index (κ1) is 19.0. The van der Waals surface area contributed by atoms with Crippen LogP contribution in [0.4, 0.5) is 5.69 Å². The number of sulfonamides is 1. The molecule has 1 aliphatic rings. The van der Waals surface area contributed by atoms with Crippen LogP contribution in [0, 0.1) is 0 Å². The fourth-order valence-corrected chi connectivity index (χ4v) is 3.69. The molecular formula is C18H21N3O5S. The van der Waals surface area contributed by atoms with Gasteiger partial charge in [0.15, 0.2) is 0 Å². The number of hydrogen-bond acceptors (Lipinski definition) is 6. The zero-order valence-corrected chi connectivity index (χ0v) is 15.8. The van der Waals surface area contributed by atoms with Crippen molar-refractivity contribution in [1.29, 1.82) is 0 Å². The number of nitrogens with one attached hydrogen (secondary N) is 3. The zero-order valence-electron chi connectivity index (χ0n) is 15.0. The van der Waals surface area contributed by atoms with Crippen molar-refractivity contribution in [3.05, 3.63) is 48.0 Å². The molecule has 8 nitrogen and oxygen atoms in total. The fourth-order valence-electron chi connectivity index (χ4n) is 2.39. The summed E-state index contributed by atoms with van der Waals surface area (Å²) >= 11 is 0. The lowest BCUT2D eigenvalue weighted by Crippen LogP contribution is -2.29. The number of carbonyl (C=O) groups is 1. The van der Waals surface area contributed by atoms with E-state index in [9.17, 15) is 13.2 Å². The van der Waals surface area contributed by atoms with E-state index in [-0.39, 0.29) is 10.9 Å². The van der Waals surface area contributed by atoms with E-state index in [0.717, 1.165) is 12.8 Å². The molecule has 2 aromatic rings. The first-order valence-electron chi connectivity index (χ1n) is 8.34.